The molecule has 8 nitrogen and oxygen atoms in total. The van der Waals surface area contributed by atoms with Crippen molar-refractivity contribution in [1.82, 2.24) is 19.8 Å². The number of nitrogens with one attached hydrogen (secondary N) is 1. The summed E-state index contributed by atoms with van der Waals surface area (Å²) in [5, 5.41) is 3.02. The summed E-state index contributed by atoms with van der Waals surface area (Å²) in [4.78, 5) is 19.6. The number of aromatic nitrogens is 2. The number of carbonyl (C=O) groups is 1. The third-order valence-corrected chi connectivity index (χ3v) is 7.40. The fourth-order valence-corrected chi connectivity index (χ4v) is 5.56. The number of rotatable bonds is 3. The highest BCUT2D eigenvalue weighted by Gasteiger charge is 2.34. The van der Waals surface area contributed by atoms with Crippen LogP contribution in [0.3, 0.4) is 0 Å². The van der Waals surface area contributed by atoms with Gasteiger partial charge in [0.25, 0.3) is 10.0 Å². The molecule has 9 heteroatoms. The van der Waals surface area contributed by atoms with Crippen LogP contribution in [0, 0.1) is 5.92 Å². The molecule has 5 rings (SSSR count). The van der Waals surface area contributed by atoms with Gasteiger partial charge in [-0.05, 0) is 37.1 Å². The van der Waals surface area contributed by atoms with E-state index in [9.17, 15) is 13.2 Å². The first kappa shape index (κ1) is 19.7. The van der Waals surface area contributed by atoms with Gasteiger partial charge in [-0.2, -0.15) is 8.42 Å². The van der Waals surface area contributed by atoms with E-state index in [0.29, 0.717) is 43.9 Å². The predicted molar refractivity (Wildman–Crippen MR) is 117 cm³/mol. The molecule has 1 saturated heterocycles. The summed E-state index contributed by atoms with van der Waals surface area (Å²) < 4.78 is 30.6. The van der Waals surface area contributed by atoms with Crippen molar-refractivity contribution in [2.75, 3.05) is 13.1 Å². The first-order valence-electron chi connectivity index (χ1n) is 10.3. The summed E-state index contributed by atoms with van der Waals surface area (Å²) in [6, 6.07) is 14.8. The van der Waals surface area contributed by atoms with Gasteiger partial charge < -0.3 is 14.8 Å². The molecule has 160 valence electrons. The van der Waals surface area contributed by atoms with Gasteiger partial charge in [0.1, 0.15) is 10.7 Å². The molecule has 2 aliphatic heterocycles. The molecule has 0 saturated carbocycles. The van der Waals surface area contributed by atoms with Gasteiger partial charge in [-0.1, -0.05) is 24.3 Å². The molecule has 3 heterocycles. The third kappa shape index (κ3) is 3.48. The zero-order valence-corrected chi connectivity index (χ0v) is 18.0. The molecular weight excluding hydrogens is 414 g/mol. The monoisotopic (exact) mass is 437 g/mol. The molecule has 2 aliphatic rings. The van der Waals surface area contributed by atoms with Gasteiger partial charge >= 0.3 is 0 Å². The van der Waals surface area contributed by atoms with Crippen LogP contribution in [0.2, 0.25) is 0 Å². The number of sulfonamides is 1. The molecule has 0 atom stereocenters. The summed E-state index contributed by atoms with van der Waals surface area (Å²) >= 11 is 0. The zero-order chi connectivity index (χ0) is 21.6. The minimum atomic E-state index is -3.63. The Morgan fingerprint density at radius 3 is 2.58 bits per heavy atom. The van der Waals surface area contributed by atoms with Crippen molar-refractivity contribution in [3.05, 3.63) is 59.9 Å². The van der Waals surface area contributed by atoms with Crippen LogP contribution in [0.5, 0.6) is 0 Å². The van der Waals surface area contributed by atoms with Crippen LogP contribution in [0.1, 0.15) is 24.2 Å². The summed E-state index contributed by atoms with van der Waals surface area (Å²) in [6.45, 7) is 1.56. The lowest BCUT2D eigenvalue weighted by atomic mass is 9.95. The Morgan fingerprint density at radius 2 is 1.81 bits per heavy atom. The number of fused-ring (bicyclic) bond motifs is 2. The largest absolute Gasteiger partial charge is 0.355 e. The molecule has 0 radical (unpaired) electrons. The first-order chi connectivity index (χ1) is 14.9. The number of amides is 1. The van der Waals surface area contributed by atoms with E-state index < -0.39 is 10.0 Å². The Labute approximate surface area is 180 Å². The molecule has 31 heavy (non-hydrogen) atoms. The number of aryl methyl sites for hydroxylation is 1. The molecule has 0 aliphatic carbocycles. The van der Waals surface area contributed by atoms with Crippen molar-refractivity contribution in [2.45, 2.75) is 24.3 Å². The lowest BCUT2D eigenvalue weighted by Crippen LogP contribution is -2.43. The lowest BCUT2D eigenvalue weighted by Gasteiger charge is -2.32. The van der Waals surface area contributed by atoms with Crippen molar-refractivity contribution in [3.8, 4) is 0 Å². The number of likely N-dealkylation sites (tertiary alicyclic amines) is 1. The molecule has 3 aromatic rings. The quantitative estimate of drug-likeness (QED) is 0.677. The van der Waals surface area contributed by atoms with Gasteiger partial charge in [0.15, 0.2) is 5.84 Å². The second-order valence-electron chi connectivity index (χ2n) is 7.94. The van der Waals surface area contributed by atoms with E-state index in [1.165, 1.54) is 0 Å². The van der Waals surface area contributed by atoms with Gasteiger partial charge in [0, 0.05) is 31.6 Å². The number of carbonyl (C=O) groups excluding carboxylic acids is 1. The number of imidazole rings is 1. The van der Waals surface area contributed by atoms with E-state index in [4.69, 9.17) is 0 Å². The van der Waals surface area contributed by atoms with Crippen LogP contribution in [0.15, 0.2) is 57.8 Å². The minimum Gasteiger partial charge on any atom is -0.355 e. The van der Waals surface area contributed by atoms with E-state index in [1.54, 1.807) is 18.2 Å². The second-order valence-corrected chi connectivity index (χ2v) is 9.51. The van der Waals surface area contributed by atoms with E-state index in [-0.39, 0.29) is 16.7 Å². The summed E-state index contributed by atoms with van der Waals surface area (Å²) in [7, 11) is -1.68. The SMILES string of the molecule is Cn1c(CNC(=O)C2CCN(C3=NS(=O)(=O)c4ccccc43)CC2)nc2ccccc21. The number of hydrogen-bond donors (Lipinski definition) is 1. The first-order valence-corrected chi connectivity index (χ1v) is 11.8. The average molecular weight is 438 g/mol. The van der Waals surface area contributed by atoms with Crippen molar-refractivity contribution in [1.29, 1.82) is 0 Å². The molecule has 1 aromatic heterocycles. The zero-order valence-electron chi connectivity index (χ0n) is 17.2. The van der Waals surface area contributed by atoms with Crippen LogP contribution in [0.4, 0.5) is 0 Å². The molecule has 1 fully saturated rings. The Kier molecular flexibility index (Phi) is 4.77. The second kappa shape index (κ2) is 7.49. The van der Waals surface area contributed by atoms with Crippen molar-refractivity contribution < 1.29 is 13.2 Å². The molecule has 1 amide bonds. The highest BCUT2D eigenvalue weighted by molar-refractivity contribution is 7.90. The van der Waals surface area contributed by atoms with Crippen molar-refractivity contribution in [3.63, 3.8) is 0 Å². The molecule has 0 spiro atoms. The fraction of sp³-hybridized carbons (Fsp3) is 0.318. The summed E-state index contributed by atoms with van der Waals surface area (Å²) in [5.41, 5.74) is 2.59. The fourth-order valence-electron chi connectivity index (χ4n) is 4.33. The molecule has 2 aromatic carbocycles. The number of amidine groups is 1. The maximum Gasteiger partial charge on any atom is 0.285 e. The Balaban J connectivity index is 1.22. The van der Waals surface area contributed by atoms with Crippen LogP contribution >= 0.6 is 0 Å². The number of nitrogens with zero attached hydrogens (tertiary/aromatic N) is 4. The highest BCUT2D eigenvalue weighted by Crippen LogP contribution is 2.29. The number of hydrogen-bond acceptors (Lipinski definition) is 5. The highest BCUT2D eigenvalue weighted by atomic mass is 32.2. The van der Waals surface area contributed by atoms with Gasteiger partial charge in [-0.3, -0.25) is 4.79 Å². The number of para-hydroxylation sites is 2. The molecule has 0 bridgehead atoms. The smallest absolute Gasteiger partial charge is 0.285 e. The van der Waals surface area contributed by atoms with E-state index in [0.717, 1.165) is 16.9 Å². The maximum absolute atomic E-state index is 12.7. The average Bonchev–Trinajstić information content (AvgIpc) is 3.26. The van der Waals surface area contributed by atoms with Gasteiger partial charge in [0.2, 0.25) is 5.91 Å². The Hall–Kier alpha value is -3.20. The topological polar surface area (TPSA) is 96.7 Å². The van der Waals surface area contributed by atoms with Crippen LogP contribution in [-0.2, 0) is 28.4 Å². The van der Waals surface area contributed by atoms with Crippen LogP contribution in [-0.4, -0.2) is 47.7 Å². The van der Waals surface area contributed by atoms with E-state index in [1.807, 2.05) is 46.8 Å². The summed E-state index contributed by atoms with van der Waals surface area (Å²) in [6.07, 6.45) is 1.30. The molecule has 1 N–H and O–H groups in total. The Morgan fingerprint density at radius 1 is 1.10 bits per heavy atom. The normalized spacial score (nSPS) is 18.1. The third-order valence-electron chi connectivity index (χ3n) is 6.08. The van der Waals surface area contributed by atoms with Crippen molar-refractivity contribution >= 4 is 32.8 Å². The lowest BCUT2D eigenvalue weighted by molar-refractivity contribution is -0.126. The minimum absolute atomic E-state index is 0.00749. The van der Waals surface area contributed by atoms with Crippen LogP contribution < -0.4 is 5.32 Å². The van der Waals surface area contributed by atoms with Gasteiger partial charge in [0.05, 0.1) is 17.6 Å². The Bertz CT molecular complexity index is 1300. The maximum atomic E-state index is 12.7. The van der Waals surface area contributed by atoms with Gasteiger partial charge in [-0.25, -0.2) is 4.98 Å². The standard InChI is InChI=1S/C22H23N5O3S/c1-26-18-8-4-3-7-17(18)24-20(26)14-23-22(28)15-10-12-27(13-11-15)21-16-6-2-5-9-19(16)31(29,30)25-21/h2-9,15H,10-14H2,1H3,(H,23,28). The molecular formula is C22H23N5O3S. The van der Waals surface area contributed by atoms with E-state index >= 15 is 0 Å². The molecule has 0 unspecified atom stereocenters. The number of piperidine rings is 1. The van der Waals surface area contributed by atoms with Crippen LogP contribution in [0.25, 0.3) is 11.0 Å². The summed E-state index contributed by atoms with van der Waals surface area (Å²) in [5.74, 6) is 1.20. The van der Waals surface area contributed by atoms with Gasteiger partial charge in [-0.15, -0.1) is 4.40 Å². The number of benzene rings is 2. The van der Waals surface area contributed by atoms with E-state index in [2.05, 4.69) is 14.7 Å². The van der Waals surface area contributed by atoms with Crippen molar-refractivity contribution in [2.24, 2.45) is 17.4 Å². The predicted octanol–water partition coefficient (Wildman–Crippen LogP) is 2.05.